The van der Waals surface area contributed by atoms with E-state index in [1.807, 2.05) is 25.1 Å². The fraction of sp³-hybridized carbons (Fsp3) is 0.267. The van der Waals surface area contributed by atoms with Crippen LogP contribution in [0.1, 0.15) is 37.3 Å². The van der Waals surface area contributed by atoms with Gasteiger partial charge < -0.3 is 11.5 Å². The molecule has 0 aliphatic carbocycles. The molecule has 0 saturated carbocycles. The molecule has 0 bridgehead atoms. The number of nitrogens with zero attached hydrogens (tertiary/aromatic N) is 3. The van der Waals surface area contributed by atoms with E-state index in [1.165, 1.54) is 0 Å². The Balaban J connectivity index is 2.48. The molecule has 5 nitrogen and oxygen atoms in total. The van der Waals surface area contributed by atoms with E-state index in [2.05, 4.69) is 36.2 Å². The average molecular weight is 301 g/mol. The summed E-state index contributed by atoms with van der Waals surface area (Å²) in [4.78, 5) is 5.78. The van der Waals surface area contributed by atoms with Crippen molar-refractivity contribution in [2.75, 3.05) is 0 Å². The van der Waals surface area contributed by atoms with Crippen LogP contribution in [0.4, 0.5) is 0 Å². The molecular weight excluding hydrogens is 282 g/mol. The van der Waals surface area contributed by atoms with Crippen LogP contribution in [0, 0.1) is 0 Å². The van der Waals surface area contributed by atoms with Crippen LogP contribution in [0.2, 0.25) is 0 Å². The molecule has 0 amide bonds. The molecule has 0 spiro atoms. The van der Waals surface area contributed by atoms with Gasteiger partial charge in [0.15, 0.2) is 0 Å². The van der Waals surface area contributed by atoms with Gasteiger partial charge in [-0.1, -0.05) is 44.2 Å². The molecule has 0 atom stereocenters. The number of nitrogens with two attached hydrogens (primary N) is 2. The SMILES string of the molecule is C/C(=N\N=C(N)N)c1sc(-c2ccccc2)nc1C(C)C. The third kappa shape index (κ3) is 3.66. The van der Waals surface area contributed by atoms with Crippen molar-refractivity contribution in [1.82, 2.24) is 4.98 Å². The van der Waals surface area contributed by atoms with Crippen molar-refractivity contribution in [3.63, 3.8) is 0 Å². The lowest BCUT2D eigenvalue weighted by atomic mass is 10.1. The molecule has 0 aliphatic heterocycles. The molecule has 0 aliphatic rings. The molecule has 1 heterocycles. The number of benzene rings is 1. The molecule has 0 unspecified atom stereocenters. The predicted octanol–water partition coefficient (Wildman–Crippen LogP) is 2.93. The Labute approximate surface area is 128 Å². The van der Waals surface area contributed by atoms with Gasteiger partial charge in [-0.2, -0.15) is 5.10 Å². The lowest BCUT2D eigenvalue weighted by molar-refractivity contribution is 0.831. The van der Waals surface area contributed by atoms with Gasteiger partial charge in [0.2, 0.25) is 5.96 Å². The Hall–Kier alpha value is -2.21. The summed E-state index contributed by atoms with van der Waals surface area (Å²) < 4.78 is 0. The van der Waals surface area contributed by atoms with Crippen LogP contribution in [-0.2, 0) is 0 Å². The zero-order valence-corrected chi connectivity index (χ0v) is 13.2. The van der Waals surface area contributed by atoms with Crippen LogP contribution in [0.25, 0.3) is 10.6 Å². The lowest BCUT2D eigenvalue weighted by Gasteiger charge is -2.03. The average Bonchev–Trinajstić information content (AvgIpc) is 2.91. The van der Waals surface area contributed by atoms with Crippen molar-refractivity contribution >= 4 is 23.0 Å². The van der Waals surface area contributed by atoms with Crippen LogP contribution in [-0.4, -0.2) is 16.7 Å². The van der Waals surface area contributed by atoms with Gasteiger partial charge in [-0.15, -0.1) is 16.4 Å². The standard InChI is InChI=1S/C15H19N5S/c1-9(2)12-13(10(3)19-20-15(16)17)21-14(18-12)11-7-5-4-6-8-11/h4-9H,1-3H3,(H4,16,17,20)/b19-10+. The zero-order valence-electron chi connectivity index (χ0n) is 12.4. The maximum atomic E-state index is 5.32. The second-order valence-electron chi connectivity index (χ2n) is 4.96. The highest BCUT2D eigenvalue weighted by Crippen LogP contribution is 2.32. The molecule has 1 aromatic carbocycles. The number of hydrogen-bond donors (Lipinski definition) is 2. The van der Waals surface area contributed by atoms with E-state index < -0.39 is 0 Å². The molecule has 6 heteroatoms. The first-order valence-electron chi connectivity index (χ1n) is 6.68. The monoisotopic (exact) mass is 301 g/mol. The van der Waals surface area contributed by atoms with Crippen molar-refractivity contribution in [3.05, 3.63) is 40.9 Å². The largest absolute Gasteiger partial charge is 0.369 e. The highest BCUT2D eigenvalue weighted by molar-refractivity contribution is 7.17. The summed E-state index contributed by atoms with van der Waals surface area (Å²) in [6.45, 7) is 6.11. The zero-order chi connectivity index (χ0) is 15.4. The summed E-state index contributed by atoms with van der Waals surface area (Å²) in [6, 6.07) is 10.1. The summed E-state index contributed by atoms with van der Waals surface area (Å²) in [5, 5.41) is 8.77. The molecule has 4 N–H and O–H groups in total. The van der Waals surface area contributed by atoms with Gasteiger partial charge in [-0.25, -0.2) is 4.98 Å². The highest BCUT2D eigenvalue weighted by Gasteiger charge is 2.17. The maximum Gasteiger partial charge on any atom is 0.211 e. The Kier molecular flexibility index (Phi) is 4.70. The minimum absolute atomic E-state index is 0.0479. The predicted molar refractivity (Wildman–Crippen MR) is 89.7 cm³/mol. The molecule has 0 saturated heterocycles. The van der Waals surface area contributed by atoms with Gasteiger partial charge in [0.1, 0.15) is 5.01 Å². The molecule has 2 rings (SSSR count). The van der Waals surface area contributed by atoms with Crippen molar-refractivity contribution in [2.45, 2.75) is 26.7 Å². The van der Waals surface area contributed by atoms with Gasteiger partial charge in [0, 0.05) is 5.56 Å². The highest BCUT2D eigenvalue weighted by atomic mass is 32.1. The third-order valence-electron chi connectivity index (χ3n) is 2.87. The molecule has 2 aromatic rings. The fourth-order valence-corrected chi connectivity index (χ4v) is 3.03. The van der Waals surface area contributed by atoms with Gasteiger partial charge in [0.05, 0.1) is 16.3 Å². The van der Waals surface area contributed by atoms with Gasteiger partial charge in [-0.3, -0.25) is 0 Å². The van der Waals surface area contributed by atoms with E-state index in [9.17, 15) is 0 Å². The van der Waals surface area contributed by atoms with Crippen LogP contribution in [0.3, 0.4) is 0 Å². The normalized spacial score (nSPS) is 11.7. The maximum absolute atomic E-state index is 5.32. The van der Waals surface area contributed by atoms with Gasteiger partial charge >= 0.3 is 0 Å². The second-order valence-corrected chi connectivity index (χ2v) is 5.96. The lowest BCUT2D eigenvalue weighted by Crippen LogP contribution is -2.22. The Morgan fingerprint density at radius 2 is 1.81 bits per heavy atom. The van der Waals surface area contributed by atoms with Gasteiger partial charge in [-0.05, 0) is 12.8 Å². The molecular formula is C15H19N5S. The number of aromatic nitrogens is 1. The number of rotatable bonds is 4. The summed E-state index contributed by atoms with van der Waals surface area (Å²) >= 11 is 1.61. The van der Waals surface area contributed by atoms with Crippen LogP contribution >= 0.6 is 11.3 Å². The molecule has 1 aromatic heterocycles. The first-order valence-corrected chi connectivity index (χ1v) is 7.50. The Morgan fingerprint density at radius 1 is 1.14 bits per heavy atom. The summed E-state index contributed by atoms with van der Waals surface area (Å²) in [6.07, 6.45) is 0. The Morgan fingerprint density at radius 3 is 2.38 bits per heavy atom. The van der Waals surface area contributed by atoms with E-state index in [1.54, 1.807) is 11.3 Å². The van der Waals surface area contributed by atoms with Crippen LogP contribution in [0.15, 0.2) is 40.5 Å². The summed E-state index contributed by atoms with van der Waals surface area (Å²) in [7, 11) is 0. The minimum atomic E-state index is -0.0479. The topological polar surface area (TPSA) is 89.6 Å². The smallest absolute Gasteiger partial charge is 0.211 e. The first-order chi connectivity index (χ1) is 9.99. The molecule has 0 radical (unpaired) electrons. The molecule has 0 fully saturated rings. The first kappa shape index (κ1) is 15.2. The second kappa shape index (κ2) is 6.49. The van der Waals surface area contributed by atoms with E-state index in [0.717, 1.165) is 26.9 Å². The fourth-order valence-electron chi connectivity index (χ4n) is 1.86. The minimum Gasteiger partial charge on any atom is -0.369 e. The number of hydrogen-bond acceptors (Lipinski definition) is 4. The summed E-state index contributed by atoms with van der Waals surface area (Å²) in [5.74, 6) is 0.256. The van der Waals surface area contributed by atoms with Gasteiger partial charge in [0.25, 0.3) is 0 Å². The van der Waals surface area contributed by atoms with E-state index in [0.29, 0.717) is 5.92 Å². The van der Waals surface area contributed by atoms with Crippen molar-refractivity contribution in [1.29, 1.82) is 0 Å². The third-order valence-corrected chi connectivity index (χ3v) is 4.09. The molecule has 21 heavy (non-hydrogen) atoms. The van der Waals surface area contributed by atoms with Crippen molar-refractivity contribution in [2.24, 2.45) is 21.7 Å². The quantitative estimate of drug-likeness (QED) is 0.517. The number of guanidine groups is 1. The van der Waals surface area contributed by atoms with E-state index in [-0.39, 0.29) is 5.96 Å². The van der Waals surface area contributed by atoms with E-state index in [4.69, 9.17) is 16.5 Å². The molecule has 110 valence electrons. The van der Waals surface area contributed by atoms with Crippen molar-refractivity contribution < 1.29 is 0 Å². The van der Waals surface area contributed by atoms with Crippen LogP contribution in [0.5, 0.6) is 0 Å². The van der Waals surface area contributed by atoms with Crippen molar-refractivity contribution in [3.8, 4) is 10.6 Å². The van der Waals surface area contributed by atoms with E-state index >= 15 is 0 Å². The summed E-state index contributed by atoms with van der Waals surface area (Å²) in [5.41, 5.74) is 13.5. The van der Waals surface area contributed by atoms with Crippen LogP contribution < -0.4 is 11.5 Å². The Bertz CT molecular complexity index is 667. The number of thiazole rings is 1.